The molecule has 0 bridgehead atoms. The van der Waals surface area contributed by atoms with E-state index >= 15 is 0 Å². The van der Waals surface area contributed by atoms with Crippen LogP contribution in [0.2, 0.25) is 0 Å². The number of likely N-dealkylation sites (N-methyl/N-ethyl adjacent to an activating group) is 1. The van der Waals surface area contributed by atoms with E-state index in [0.717, 1.165) is 11.4 Å². The van der Waals surface area contributed by atoms with Crippen LogP contribution in [0.4, 0.5) is 0 Å². The molecule has 26 heavy (non-hydrogen) atoms. The van der Waals surface area contributed by atoms with Gasteiger partial charge in [0.2, 0.25) is 5.78 Å². The van der Waals surface area contributed by atoms with Crippen molar-refractivity contribution in [2.45, 2.75) is 38.3 Å². The monoisotopic (exact) mass is 375 g/mol. The third kappa shape index (κ3) is 4.19. The highest BCUT2D eigenvalue weighted by Crippen LogP contribution is 2.20. The number of ketones is 1. The van der Waals surface area contributed by atoms with Crippen LogP contribution in [0.5, 0.6) is 0 Å². The van der Waals surface area contributed by atoms with E-state index in [2.05, 4.69) is 35.5 Å². The first-order valence-corrected chi connectivity index (χ1v) is 9.79. The van der Waals surface area contributed by atoms with Gasteiger partial charge in [-0.1, -0.05) is 12.1 Å². The summed E-state index contributed by atoms with van der Waals surface area (Å²) in [6.07, 6.45) is 2.05. The topological polar surface area (TPSA) is 63.6 Å². The maximum absolute atomic E-state index is 13.0. The molecule has 0 radical (unpaired) electrons. The molecule has 0 aliphatic carbocycles. The van der Waals surface area contributed by atoms with Crippen LogP contribution < -0.4 is 4.90 Å². The van der Waals surface area contributed by atoms with E-state index < -0.39 is 5.97 Å². The summed E-state index contributed by atoms with van der Waals surface area (Å²) in [4.78, 5) is 30.3. The highest BCUT2D eigenvalue weighted by atomic mass is 32.2. The van der Waals surface area contributed by atoms with Crippen LogP contribution in [0.1, 0.15) is 44.6 Å². The van der Waals surface area contributed by atoms with Gasteiger partial charge in [0.25, 0.3) is 0 Å². The number of esters is 1. The van der Waals surface area contributed by atoms with Gasteiger partial charge >= 0.3 is 5.97 Å². The van der Waals surface area contributed by atoms with E-state index in [0.29, 0.717) is 22.5 Å². The molecule has 0 spiro atoms. The van der Waals surface area contributed by atoms with Crippen molar-refractivity contribution in [2.75, 3.05) is 20.4 Å². The summed E-state index contributed by atoms with van der Waals surface area (Å²) in [7, 11) is 3.36. The molecule has 0 saturated heterocycles. The van der Waals surface area contributed by atoms with Gasteiger partial charge in [0.15, 0.2) is 6.04 Å². The Hall–Kier alpha value is -2.05. The second-order valence-electron chi connectivity index (χ2n) is 6.57. The summed E-state index contributed by atoms with van der Waals surface area (Å²) in [6.45, 7) is 6.24. The number of Topliss-reactive ketones (excluding diaryl/α,β-unsaturated/α-hetero) is 1. The second kappa shape index (κ2) is 8.56. The molecule has 0 saturated carbocycles. The second-order valence-corrected chi connectivity index (χ2v) is 7.45. The number of hydrogen-bond donors (Lipinski definition) is 2. The number of hydrogen-bond acceptors (Lipinski definition) is 4. The molecule has 2 N–H and O–H groups in total. The number of H-pyrrole nitrogens is 1. The number of aromatic nitrogens is 1. The first kappa shape index (κ1) is 20.3. The predicted octanol–water partition coefficient (Wildman–Crippen LogP) is 2.43. The van der Waals surface area contributed by atoms with Gasteiger partial charge in [0.05, 0.1) is 25.4 Å². The van der Waals surface area contributed by atoms with Crippen LogP contribution in [0.15, 0.2) is 29.2 Å². The number of nitrogens with one attached hydrogen (secondary N) is 2. The number of ether oxygens (including phenoxy) is 1. The summed E-state index contributed by atoms with van der Waals surface area (Å²) >= 11 is 1.71. The normalized spacial score (nSPS) is 13.3. The van der Waals surface area contributed by atoms with Gasteiger partial charge < -0.3 is 14.6 Å². The van der Waals surface area contributed by atoms with Crippen LogP contribution in [-0.2, 0) is 11.3 Å². The summed E-state index contributed by atoms with van der Waals surface area (Å²) in [5.74, 6) is -0.420. The van der Waals surface area contributed by atoms with Gasteiger partial charge in [0.1, 0.15) is 6.54 Å². The molecule has 1 aromatic carbocycles. The van der Waals surface area contributed by atoms with Crippen molar-refractivity contribution in [2.24, 2.45) is 0 Å². The molecule has 6 heteroatoms. The van der Waals surface area contributed by atoms with Gasteiger partial charge in [-0.05, 0) is 44.7 Å². The first-order valence-electron chi connectivity index (χ1n) is 8.57. The standard InChI is InChI=1S/C20H26N2O3S/c1-12-17(20(24)25-5)13(2)21-18(12)19(23)14(3)22(4)11-15-7-9-16(26-6)10-8-15/h7-10,14,21H,11H2,1-6H3/p+1/t14-/m1/s1. The van der Waals surface area contributed by atoms with Gasteiger partial charge in [-0.15, -0.1) is 11.8 Å². The minimum atomic E-state index is -0.419. The number of methoxy groups -OCH3 is 1. The number of quaternary nitrogens is 1. The third-order valence-corrected chi connectivity index (χ3v) is 5.59. The summed E-state index contributed by atoms with van der Waals surface area (Å²) < 4.78 is 4.82. The van der Waals surface area contributed by atoms with Gasteiger partial charge in [-0.2, -0.15) is 0 Å². The summed E-state index contributed by atoms with van der Waals surface area (Å²) in [5.41, 5.74) is 3.45. The molecule has 5 nitrogen and oxygen atoms in total. The number of carbonyl (C=O) groups excluding carboxylic acids is 2. The predicted molar refractivity (Wildman–Crippen MR) is 104 cm³/mol. The zero-order chi connectivity index (χ0) is 19.4. The van der Waals surface area contributed by atoms with E-state index in [4.69, 9.17) is 4.74 Å². The fourth-order valence-corrected chi connectivity index (χ4v) is 3.47. The largest absolute Gasteiger partial charge is 0.465 e. The number of rotatable bonds is 7. The molecule has 140 valence electrons. The van der Waals surface area contributed by atoms with E-state index in [1.54, 1.807) is 25.6 Å². The van der Waals surface area contributed by atoms with Crippen LogP contribution in [-0.4, -0.2) is 43.2 Å². The number of benzene rings is 1. The number of aryl methyl sites for hydroxylation is 1. The van der Waals surface area contributed by atoms with Crippen LogP contribution >= 0.6 is 11.8 Å². The Kier molecular flexibility index (Phi) is 6.67. The smallest absolute Gasteiger partial charge is 0.339 e. The number of aromatic amines is 1. The van der Waals surface area contributed by atoms with E-state index in [-0.39, 0.29) is 11.8 Å². The summed E-state index contributed by atoms with van der Waals surface area (Å²) in [5, 5.41) is 0. The Bertz CT molecular complexity index is 796. The van der Waals surface area contributed by atoms with E-state index in [1.807, 2.05) is 14.0 Å². The number of carbonyl (C=O) groups is 2. The fourth-order valence-electron chi connectivity index (χ4n) is 3.06. The first-order chi connectivity index (χ1) is 12.3. The Balaban J connectivity index is 2.16. The average Bonchev–Trinajstić information content (AvgIpc) is 2.94. The van der Waals surface area contributed by atoms with Crippen molar-refractivity contribution in [3.8, 4) is 0 Å². The molecule has 1 aromatic heterocycles. The lowest BCUT2D eigenvalue weighted by Gasteiger charge is -2.21. The maximum atomic E-state index is 13.0. The zero-order valence-corrected chi connectivity index (χ0v) is 17.0. The van der Waals surface area contributed by atoms with Gasteiger partial charge in [0, 0.05) is 16.2 Å². The van der Waals surface area contributed by atoms with E-state index in [1.165, 1.54) is 17.6 Å². The molecule has 0 amide bonds. The molecule has 2 rings (SSSR count). The molecular weight excluding hydrogens is 348 g/mol. The third-order valence-electron chi connectivity index (χ3n) is 4.85. The molecule has 0 aliphatic rings. The summed E-state index contributed by atoms with van der Waals surface area (Å²) in [6, 6.07) is 8.16. The Morgan fingerprint density at radius 1 is 1.23 bits per heavy atom. The maximum Gasteiger partial charge on any atom is 0.339 e. The molecule has 1 unspecified atom stereocenters. The van der Waals surface area contributed by atoms with Gasteiger partial charge in [-0.25, -0.2) is 4.79 Å². The number of thioether (sulfide) groups is 1. The van der Waals surface area contributed by atoms with Crippen LogP contribution in [0, 0.1) is 13.8 Å². The van der Waals surface area contributed by atoms with Crippen LogP contribution in [0.25, 0.3) is 0 Å². The van der Waals surface area contributed by atoms with E-state index in [9.17, 15) is 9.59 Å². The lowest BCUT2D eigenvalue weighted by atomic mass is 10.0. The van der Waals surface area contributed by atoms with Crippen molar-refractivity contribution in [1.82, 2.24) is 4.98 Å². The fraction of sp³-hybridized carbons (Fsp3) is 0.400. The molecule has 2 aromatic rings. The SMILES string of the molecule is COC(=O)c1c(C)[nH]c(C(=O)[C@@H](C)[NH+](C)Cc2ccc(SC)cc2)c1C. The van der Waals surface area contributed by atoms with Crippen molar-refractivity contribution in [3.05, 3.63) is 52.3 Å². The zero-order valence-electron chi connectivity index (χ0n) is 16.2. The van der Waals surface area contributed by atoms with Crippen LogP contribution in [0.3, 0.4) is 0 Å². The molecule has 1 heterocycles. The Labute approximate surface area is 159 Å². The minimum absolute atomic E-state index is 0.000938. The van der Waals surface area contributed by atoms with Crippen molar-refractivity contribution in [1.29, 1.82) is 0 Å². The molecular formula is C20H27N2O3S+. The van der Waals surface area contributed by atoms with Crippen molar-refractivity contribution in [3.63, 3.8) is 0 Å². The Morgan fingerprint density at radius 3 is 2.38 bits per heavy atom. The highest BCUT2D eigenvalue weighted by Gasteiger charge is 2.29. The average molecular weight is 376 g/mol. The Morgan fingerprint density at radius 2 is 1.85 bits per heavy atom. The highest BCUT2D eigenvalue weighted by molar-refractivity contribution is 7.98. The lowest BCUT2D eigenvalue weighted by Crippen LogP contribution is -3.12. The minimum Gasteiger partial charge on any atom is -0.465 e. The van der Waals surface area contributed by atoms with Gasteiger partial charge in [-0.3, -0.25) is 4.79 Å². The van der Waals surface area contributed by atoms with Crippen molar-refractivity contribution >= 4 is 23.5 Å². The molecule has 2 atom stereocenters. The van der Waals surface area contributed by atoms with Crippen molar-refractivity contribution < 1.29 is 19.2 Å². The molecule has 0 fully saturated rings. The molecule has 0 aliphatic heterocycles. The quantitative estimate of drug-likeness (QED) is 0.443. The lowest BCUT2D eigenvalue weighted by molar-refractivity contribution is -0.907.